The molecule has 0 saturated carbocycles. The van der Waals surface area contributed by atoms with E-state index in [2.05, 4.69) is 10.3 Å². The second kappa shape index (κ2) is 7.21. The SMILES string of the molecule is O=C(CCC(=O)N1CC(c2ccccn2)C1)Nc1cccc(F)c1. The lowest BCUT2D eigenvalue weighted by molar-refractivity contribution is -0.137. The molecule has 2 aromatic rings. The number of halogens is 1. The molecule has 0 atom stereocenters. The molecule has 124 valence electrons. The minimum absolute atomic E-state index is 0.0448. The van der Waals surface area contributed by atoms with Gasteiger partial charge in [-0.05, 0) is 30.3 Å². The Morgan fingerprint density at radius 1 is 1.17 bits per heavy atom. The molecule has 0 radical (unpaired) electrons. The van der Waals surface area contributed by atoms with Crippen LogP contribution in [0, 0.1) is 5.82 Å². The zero-order chi connectivity index (χ0) is 16.9. The third kappa shape index (κ3) is 3.95. The van der Waals surface area contributed by atoms with E-state index in [1.54, 1.807) is 17.2 Å². The molecule has 1 aliphatic heterocycles. The highest BCUT2D eigenvalue weighted by Gasteiger charge is 2.32. The van der Waals surface area contributed by atoms with Gasteiger partial charge in [0.25, 0.3) is 0 Å². The first kappa shape index (κ1) is 16.1. The van der Waals surface area contributed by atoms with Crippen LogP contribution in [0.4, 0.5) is 10.1 Å². The number of likely N-dealkylation sites (tertiary alicyclic amines) is 1. The van der Waals surface area contributed by atoms with Crippen LogP contribution in [0.5, 0.6) is 0 Å². The van der Waals surface area contributed by atoms with Crippen LogP contribution in [0.3, 0.4) is 0 Å². The number of benzene rings is 1. The van der Waals surface area contributed by atoms with Crippen molar-refractivity contribution in [2.45, 2.75) is 18.8 Å². The lowest BCUT2D eigenvalue weighted by Crippen LogP contribution is -2.48. The summed E-state index contributed by atoms with van der Waals surface area (Å²) in [6.45, 7) is 1.28. The number of nitrogens with zero attached hydrogens (tertiary/aromatic N) is 2. The Balaban J connectivity index is 1.41. The molecule has 2 amide bonds. The average molecular weight is 327 g/mol. The van der Waals surface area contributed by atoms with E-state index < -0.39 is 5.82 Å². The fraction of sp³-hybridized carbons (Fsp3) is 0.278. The minimum Gasteiger partial charge on any atom is -0.341 e. The van der Waals surface area contributed by atoms with Crippen molar-refractivity contribution >= 4 is 17.5 Å². The zero-order valence-electron chi connectivity index (χ0n) is 13.1. The van der Waals surface area contributed by atoms with Gasteiger partial charge in [-0.1, -0.05) is 12.1 Å². The Labute approximate surface area is 139 Å². The predicted molar refractivity (Wildman–Crippen MR) is 87.8 cm³/mol. The predicted octanol–water partition coefficient (Wildman–Crippen LogP) is 2.57. The zero-order valence-corrected chi connectivity index (χ0v) is 13.1. The van der Waals surface area contributed by atoms with E-state index in [9.17, 15) is 14.0 Å². The van der Waals surface area contributed by atoms with Crippen LogP contribution in [0.2, 0.25) is 0 Å². The quantitative estimate of drug-likeness (QED) is 0.918. The fourth-order valence-corrected chi connectivity index (χ4v) is 2.66. The summed E-state index contributed by atoms with van der Waals surface area (Å²) in [7, 11) is 0. The van der Waals surface area contributed by atoms with E-state index in [-0.39, 0.29) is 30.6 Å². The van der Waals surface area contributed by atoms with E-state index in [0.717, 1.165) is 5.69 Å². The van der Waals surface area contributed by atoms with Gasteiger partial charge in [-0.25, -0.2) is 4.39 Å². The van der Waals surface area contributed by atoms with Gasteiger partial charge in [-0.2, -0.15) is 0 Å². The first-order valence-corrected chi connectivity index (χ1v) is 7.86. The molecule has 0 bridgehead atoms. The summed E-state index contributed by atoms with van der Waals surface area (Å²) in [6.07, 6.45) is 1.98. The van der Waals surface area contributed by atoms with Crippen LogP contribution in [0.1, 0.15) is 24.5 Å². The second-order valence-corrected chi connectivity index (χ2v) is 5.81. The van der Waals surface area contributed by atoms with Gasteiger partial charge in [-0.3, -0.25) is 14.6 Å². The normalized spacial score (nSPS) is 14.1. The molecule has 24 heavy (non-hydrogen) atoms. The number of aromatic nitrogens is 1. The standard InChI is InChI=1S/C18H18FN3O2/c19-14-4-3-5-15(10-14)21-17(23)7-8-18(24)22-11-13(12-22)16-6-1-2-9-20-16/h1-6,9-10,13H,7-8,11-12H2,(H,21,23). The van der Waals surface area contributed by atoms with Gasteiger partial charge in [0.15, 0.2) is 0 Å². The number of carbonyl (C=O) groups is 2. The third-order valence-corrected chi connectivity index (χ3v) is 4.01. The number of carbonyl (C=O) groups excluding carboxylic acids is 2. The van der Waals surface area contributed by atoms with Crippen LogP contribution in [0.25, 0.3) is 0 Å². The first-order chi connectivity index (χ1) is 11.6. The summed E-state index contributed by atoms with van der Waals surface area (Å²) in [6, 6.07) is 11.4. The number of nitrogens with one attached hydrogen (secondary N) is 1. The summed E-state index contributed by atoms with van der Waals surface area (Å²) in [5.74, 6) is -0.478. The molecule has 1 aromatic carbocycles. The van der Waals surface area contributed by atoms with Crippen LogP contribution >= 0.6 is 0 Å². The Morgan fingerprint density at radius 2 is 2.00 bits per heavy atom. The van der Waals surface area contributed by atoms with Gasteiger partial charge in [0.2, 0.25) is 11.8 Å². The molecular weight excluding hydrogens is 309 g/mol. The van der Waals surface area contributed by atoms with Gasteiger partial charge in [0, 0.05) is 49.4 Å². The first-order valence-electron chi connectivity index (χ1n) is 7.86. The summed E-state index contributed by atoms with van der Waals surface area (Å²) in [5.41, 5.74) is 1.39. The van der Waals surface area contributed by atoms with Crippen molar-refractivity contribution < 1.29 is 14.0 Å². The topological polar surface area (TPSA) is 62.3 Å². The largest absolute Gasteiger partial charge is 0.341 e. The van der Waals surface area contributed by atoms with E-state index in [4.69, 9.17) is 0 Å². The molecule has 2 heterocycles. The Morgan fingerprint density at radius 3 is 2.71 bits per heavy atom. The van der Waals surface area contributed by atoms with Gasteiger partial charge >= 0.3 is 0 Å². The van der Waals surface area contributed by atoms with Crippen molar-refractivity contribution in [3.63, 3.8) is 0 Å². The number of anilines is 1. The minimum atomic E-state index is -0.412. The van der Waals surface area contributed by atoms with E-state index in [0.29, 0.717) is 18.8 Å². The van der Waals surface area contributed by atoms with Crippen LogP contribution in [-0.4, -0.2) is 34.8 Å². The molecule has 1 saturated heterocycles. The Hall–Kier alpha value is -2.76. The van der Waals surface area contributed by atoms with Crippen molar-refractivity contribution in [3.8, 4) is 0 Å². The molecule has 1 fully saturated rings. The summed E-state index contributed by atoms with van der Waals surface area (Å²) in [4.78, 5) is 29.9. The number of rotatable bonds is 5. The molecule has 5 nitrogen and oxygen atoms in total. The smallest absolute Gasteiger partial charge is 0.224 e. The molecule has 0 unspecified atom stereocenters. The average Bonchev–Trinajstić information content (AvgIpc) is 2.52. The molecule has 1 N–H and O–H groups in total. The van der Waals surface area contributed by atoms with Gasteiger partial charge in [-0.15, -0.1) is 0 Å². The van der Waals surface area contributed by atoms with Gasteiger partial charge in [0.1, 0.15) is 5.82 Å². The molecule has 0 aliphatic carbocycles. The van der Waals surface area contributed by atoms with Crippen molar-refractivity contribution in [1.82, 2.24) is 9.88 Å². The highest BCUT2D eigenvalue weighted by Crippen LogP contribution is 2.25. The number of hydrogen-bond donors (Lipinski definition) is 1. The summed E-state index contributed by atoms with van der Waals surface area (Å²) < 4.78 is 13.1. The highest BCUT2D eigenvalue weighted by molar-refractivity contribution is 5.93. The van der Waals surface area contributed by atoms with E-state index >= 15 is 0 Å². The van der Waals surface area contributed by atoms with Crippen molar-refractivity contribution in [3.05, 3.63) is 60.2 Å². The lowest BCUT2D eigenvalue weighted by atomic mass is 9.95. The molecule has 3 rings (SSSR count). The Bertz CT molecular complexity index is 730. The maximum absolute atomic E-state index is 13.1. The molecule has 1 aliphatic rings. The van der Waals surface area contributed by atoms with Crippen LogP contribution < -0.4 is 5.32 Å². The molecular formula is C18H18FN3O2. The van der Waals surface area contributed by atoms with E-state index in [1.165, 1.54) is 18.2 Å². The fourth-order valence-electron chi connectivity index (χ4n) is 2.66. The Kier molecular flexibility index (Phi) is 4.84. The van der Waals surface area contributed by atoms with Crippen molar-refractivity contribution in [2.75, 3.05) is 18.4 Å². The maximum Gasteiger partial charge on any atom is 0.224 e. The number of hydrogen-bond acceptors (Lipinski definition) is 3. The number of pyridine rings is 1. The van der Waals surface area contributed by atoms with Crippen LogP contribution in [0.15, 0.2) is 48.7 Å². The van der Waals surface area contributed by atoms with Crippen molar-refractivity contribution in [2.24, 2.45) is 0 Å². The summed E-state index contributed by atoms with van der Waals surface area (Å²) >= 11 is 0. The molecule has 6 heteroatoms. The second-order valence-electron chi connectivity index (χ2n) is 5.81. The van der Waals surface area contributed by atoms with Gasteiger partial charge in [0.05, 0.1) is 0 Å². The highest BCUT2D eigenvalue weighted by atomic mass is 19.1. The third-order valence-electron chi connectivity index (χ3n) is 4.01. The lowest BCUT2D eigenvalue weighted by Gasteiger charge is -2.39. The monoisotopic (exact) mass is 327 g/mol. The van der Waals surface area contributed by atoms with Crippen LogP contribution in [-0.2, 0) is 9.59 Å². The summed E-state index contributed by atoms with van der Waals surface area (Å²) in [5, 5.41) is 2.59. The molecule has 1 aromatic heterocycles. The maximum atomic E-state index is 13.1. The number of amides is 2. The van der Waals surface area contributed by atoms with Crippen molar-refractivity contribution in [1.29, 1.82) is 0 Å². The van der Waals surface area contributed by atoms with E-state index in [1.807, 2.05) is 18.2 Å². The molecule has 0 spiro atoms. The van der Waals surface area contributed by atoms with Gasteiger partial charge < -0.3 is 10.2 Å².